The van der Waals surface area contributed by atoms with Gasteiger partial charge in [-0.15, -0.1) is 0 Å². The number of pyridine rings is 1. The maximum absolute atomic E-state index is 13.0. The first-order valence-corrected chi connectivity index (χ1v) is 11.4. The molecule has 2 aliphatic heterocycles. The molecule has 0 aliphatic carbocycles. The Kier molecular flexibility index (Phi) is 5.85. The number of piperidine rings is 1. The van der Waals surface area contributed by atoms with E-state index in [2.05, 4.69) is 5.32 Å². The Morgan fingerprint density at radius 3 is 2.60 bits per heavy atom. The van der Waals surface area contributed by atoms with E-state index in [4.69, 9.17) is 4.74 Å². The number of carbonyl (C=O) groups excluding carboxylic acids is 2. The Bertz CT molecular complexity index is 1020. The third kappa shape index (κ3) is 3.96. The van der Waals surface area contributed by atoms with E-state index >= 15 is 0 Å². The normalized spacial score (nSPS) is 19.7. The van der Waals surface area contributed by atoms with Crippen molar-refractivity contribution < 1.29 is 14.3 Å². The first-order valence-electron chi connectivity index (χ1n) is 9.96. The summed E-state index contributed by atoms with van der Waals surface area (Å²) >= 11 is 1.41. The summed E-state index contributed by atoms with van der Waals surface area (Å²) < 4.78 is 6.95. The summed E-state index contributed by atoms with van der Waals surface area (Å²) in [6.45, 7) is 1.76. The number of amides is 2. The fourth-order valence-corrected chi connectivity index (χ4v) is 4.77. The summed E-state index contributed by atoms with van der Waals surface area (Å²) in [7, 11) is 1.60. The van der Waals surface area contributed by atoms with Gasteiger partial charge < -0.3 is 19.5 Å². The van der Waals surface area contributed by atoms with Gasteiger partial charge in [0.2, 0.25) is 5.91 Å². The fourth-order valence-electron chi connectivity index (χ4n) is 4.44. The molecule has 158 valence electrons. The number of rotatable bonds is 5. The van der Waals surface area contributed by atoms with Crippen molar-refractivity contribution in [3.63, 3.8) is 0 Å². The molecule has 3 heterocycles. The molecule has 2 amide bonds. The number of likely N-dealkylation sites (tertiary alicyclic amines) is 1. The van der Waals surface area contributed by atoms with Gasteiger partial charge in [0.1, 0.15) is 11.4 Å². The van der Waals surface area contributed by atoms with Crippen LogP contribution in [0.5, 0.6) is 5.75 Å². The minimum absolute atomic E-state index is 0.00380. The second kappa shape index (κ2) is 8.55. The zero-order valence-electron chi connectivity index (χ0n) is 17.1. The standard InChI is InChI=1S/C22H25N3O4S/c1-29-17-5-3-15(4-6-17)21(27)24-10-14-9-16(12-24)19-8-7-18(22(28)25(19)11-14)23-20(26)13-30-2/h3-8,14,16H,9-13H2,1-2H3,(H,23,26)/t14-,16+/m0/s1. The number of nitrogens with zero attached hydrogens (tertiary/aromatic N) is 2. The Morgan fingerprint density at radius 2 is 1.90 bits per heavy atom. The number of fused-ring (bicyclic) bond motifs is 4. The zero-order valence-corrected chi connectivity index (χ0v) is 17.9. The van der Waals surface area contributed by atoms with Crippen LogP contribution < -0.4 is 15.6 Å². The number of ether oxygens (including phenoxy) is 1. The van der Waals surface area contributed by atoms with Gasteiger partial charge in [-0.1, -0.05) is 0 Å². The highest BCUT2D eigenvalue weighted by Crippen LogP contribution is 2.36. The van der Waals surface area contributed by atoms with E-state index in [0.717, 1.165) is 17.9 Å². The fraction of sp³-hybridized carbons (Fsp3) is 0.409. The highest BCUT2D eigenvalue weighted by Gasteiger charge is 2.37. The molecule has 1 fully saturated rings. The number of carbonyl (C=O) groups is 2. The minimum Gasteiger partial charge on any atom is -0.497 e. The van der Waals surface area contributed by atoms with Gasteiger partial charge in [-0.05, 0) is 55.0 Å². The molecule has 1 aromatic carbocycles. The quantitative estimate of drug-likeness (QED) is 0.793. The molecule has 2 bridgehead atoms. The Labute approximate surface area is 179 Å². The van der Waals surface area contributed by atoms with Crippen molar-refractivity contribution in [3.8, 4) is 5.75 Å². The van der Waals surface area contributed by atoms with Crippen molar-refractivity contribution in [2.75, 3.05) is 37.5 Å². The van der Waals surface area contributed by atoms with E-state index in [9.17, 15) is 14.4 Å². The average molecular weight is 428 g/mol. The van der Waals surface area contributed by atoms with Crippen LogP contribution in [0.2, 0.25) is 0 Å². The van der Waals surface area contributed by atoms with Gasteiger partial charge in [0, 0.05) is 36.8 Å². The highest BCUT2D eigenvalue weighted by molar-refractivity contribution is 7.99. The van der Waals surface area contributed by atoms with Crippen molar-refractivity contribution >= 4 is 29.3 Å². The summed E-state index contributed by atoms with van der Waals surface area (Å²) in [5, 5.41) is 2.72. The highest BCUT2D eigenvalue weighted by atomic mass is 32.2. The van der Waals surface area contributed by atoms with Crippen LogP contribution in [0.4, 0.5) is 5.69 Å². The van der Waals surface area contributed by atoms with Crippen LogP contribution in [0.3, 0.4) is 0 Å². The van der Waals surface area contributed by atoms with Crippen molar-refractivity contribution in [2.45, 2.75) is 18.9 Å². The first kappa shape index (κ1) is 20.5. The molecule has 1 N–H and O–H groups in total. The molecule has 0 saturated carbocycles. The molecular weight excluding hydrogens is 402 g/mol. The number of anilines is 1. The summed E-state index contributed by atoms with van der Waals surface area (Å²) in [6.07, 6.45) is 2.81. The third-order valence-corrected chi connectivity index (χ3v) is 6.33. The van der Waals surface area contributed by atoms with E-state index < -0.39 is 0 Å². The Hall–Kier alpha value is -2.74. The van der Waals surface area contributed by atoms with E-state index in [1.807, 2.05) is 17.2 Å². The molecule has 30 heavy (non-hydrogen) atoms. The summed E-state index contributed by atoms with van der Waals surface area (Å²) in [5.74, 6) is 1.19. The van der Waals surface area contributed by atoms with E-state index in [0.29, 0.717) is 36.6 Å². The minimum atomic E-state index is -0.174. The number of aromatic nitrogens is 1. The molecule has 0 spiro atoms. The molecule has 2 aliphatic rings. The lowest BCUT2D eigenvalue weighted by Crippen LogP contribution is -2.49. The van der Waals surface area contributed by atoms with Gasteiger partial charge in [0.15, 0.2) is 0 Å². The maximum atomic E-state index is 13.0. The number of benzene rings is 1. The number of hydrogen-bond acceptors (Lipinski definition) is 5. The Balaban J connectivity index is 1.54. The molecule has 7 nitrogen and oxygen atoms in total. The molecule has 1 aromatic heterocycles. The van der Waals surface area contributed by atoms with E-state index in [1.165, 1.54) is 11.8 Å². The second-order valence-electron chi connectivity index (χ2n) is 7.81. The van der Waals surface area contributed by atoms with E-state index in [1.54, 1.807) is 42.0 Å². The molecule has 2 aromatic rings. The van der Waals surface area contributed by atoms with Crippen molar-refractivity contribution in [3.05, 3.63) is 58.0 Å². The van der Waals surface area contributed by atoms with Crippen LogP contribution in [0.1, 0.15) is 28.4 Å². The number of thioether (sulfide) groups is 1. The summed E-state index contributed by atoms with van der Waals surface area (Å²) in [6, 6.07) is 10.8. The van der Waals surface area contributed by atoms with Crippen LogP contribution in [0.15, 0.2) is 41.2 Å². The monoisotopic (exact) mass is 427 g/mol. The van der Waals surface area contributed by atoms with Crippen LogP contribution in [0.25, 0.3) is 0 Å². The lowest BCUT2D eigenvalue weighted by atomic mass is 9.83. The molecule has 0 unspecified atom stereocenters. The number of nitrogens with one attached hydrogen (secondary N) is 1. The van der Waals surface area contributed by atoms with Gasteiger partial charge in [-0.2, -0.15) is 11.8 Å². The second-order valence-corrected chi connectivity index (χ2v) is 8.67. The van der Waals surface area contributed by atoms with Gasteiger partial charge in [-0.25, -0.2) is 0 Å². The number of methoxy groups -OCH3 is 1. The Morgan fingerprint density at radius 1 is 1.13 bits per heavy atom. The van der Waals surface area contributed by atoms with Crippen LogP contribution in [-0.4, -0.2) is 53.5 Å². The molecular formula is C22H25N3O4S. The maximum Gasteiger partial charge on any atom is 0.274 e. The molecule has 2 atom stereocenters. The van der Waals surface area contributed by atoms with Gasteiger partial charge >= 0.3 is 0 Å². The SMILES string of the molecule is COc1ccc(C(=O)N2C[C@@H]3C[C@H](C2)c2ccc(NC(=O)CSC)c(=O)n2C3)cc1. The third-order valence-electron chi connectivity index (χ3n) is 5.78. The molecule has 1 saturated heterocycles. The van der Waals surface area contributed by atoms with Gasteiger partial charge in [0.05, 0.1) is 12.9 Å². The predicted molar refractivity (Wildman–Crippen MR) is 117 cm³/mol. The lowest BCUT2D eigenvalue weighted by Gasteiger charge is -2.43. The predicted octanol–water partition coefficient (Wildman–Crippen LogP) is 2.42. The molecule has 4 rings (SSSR count). The molecule has 0 radical (unpaired) electrons. The summed E-state index contributed by atoms with van der Waals surface area (Å²) in [5.41, 5.74) is 1.74. The van der Waals surface area contributed by atoms with Crippen molar-refractivity contribution in [1.29, 1.82) is 0 Å². The van der Waals surface area contributed by atoms with Crippen molar-refractivity contribution in [2.24, 2.45) is 5.92 Å². The average Bonchev–Trinajstić information content (AvgIpc) is 2.75. The van der Waals surface area contributed by atoms with Gasteiger partial charge in [-0.3, -0.25) is 14.4 Å². The van der Waals surface area contributed by atoms with Crippen LogP contribution in [-0.2, 0) is 11.3 Å². The van der Waals surface area contributed by atoms with Crippen LogP contribution >= 0.6 is 11.8 Å². The number of hydrogen-bond donors (Lipinski definition) is 1. The van der Waals surface area contributed by atoms with Crippen LogP contribution in [0, 0.1) is 5.92 Å². The largest absolute Gasteiger partial charge is 0.497 e. The summed E-state index contributed by atoms with van der Waals surface area (Å²) in [4.78, 5) is 39.7. The van der Waals surface area contributed by atoms with E-state index in [-0.39, 0.29) is 29.2 Å². The van der Waals surface area contributed by atoms with Crippen molar-refractivity contribution in [1.82, 2.24) is 9.47 Å². The smallest absolute Gasteiger partial charge is 0.274 e. The zero-order chi connectivity index (χ0) is 21.3. The molecule has 8 heteroatoms. The van der Waals surface area contributed by atoms with Gasteiger partial charge in [0.25, 0.3) is 11.5 Å². The topological polar surface area (TPSA) is 80.6 Å². The first-order chi connectivity index (χ1) is 14.5. The lowest BCUT2D eigenvalue weighted by molar-refractivity contribution is -0.113.